The van der Waals surface area contributed by atoms with E-state index in [1.165, 1.54) is 24.8 Å². The fourth-order valence-corrected chi connectivity index (χ4v) is 1.60. The first-order valence-electron chi connectivity index (χ1n) is 5.87. The zero-order valence-corrected chi connectivity index (χ0v) is 9.74. The van der Waals surface area contributed by atoms with Crippen molar-refractivity contribution in [2.24, 2.45) is 16.6 Å². The smallest absolute Gasteiger partial charge is 0.193 e. The normalized spacial score (nSPS) is 16.2. The summed E-state index contributed by atoms with van der Waals surface area (Å²) < 4.78 is 0. The molecule has 0 bridgehead atoms. The Bertz CT molecular complexity index is 363. The minimum Gasteiger partial charge on any atom is -0.370 e. The van der Waals surface area contributed by atoms with Crippen LogP contribution >= 0.6 is 0 Å². The van der Waals surface area contributed by atoms with Crippen molar-refractivity contribution in [1.82, 2.24) is 0 Å². The summed E-state index contributed by atoms with van der Waals surface area (Å²) in [6.07, 6.45) is 3.93. The van der Waals surface area contributed by atoms with Gasteiger partial charge in [-0.05, 0) is 31.4 Å². The van der Waals surface area contributed by atoms with Crippen molar-refractivity contribution < 1.29 is 0 Å². The molecule has 0 atom stereocenters. The van der Waals surface area contributed by atoms with Crippen molar-refractivity contribution in [3.63, 3.8) is 0 Å². The quantitative estimate of drug-likeness (QED) is 0.601. The molecular weight excluding hydrogens is 198 g/mol. The number of nitrogens with two attached hydrogens (primary N) is 1. The molecule has 3 N–H and O–H groups in total. The maximum atomic E-state index is 5.79. The van der Waals surface area contributed by atoms with Gasteiger partial charge in [0.2, 0.25) is 0 Å². The molecular formula is C13H19N3. The average molecular weight is 217 g/mol. The molecule has 86 valence electrons. The van der Waals surface area contributed by atoms with Gasteiger partial charge in [-0.3, -0.25) is 4.99 Å². The summed E-state index contributed by atoms with van der Waals surface area (Å²) in [6.45, 7) is 2.91. The summed E-state index contributed by atoms with van der Waals surface area (Å²) in [6, 6.07) is 8.14. The molecule has 1 aromatic carbocycles. The molecule has 1 saturated carbocycles. The van der Waals surface area contributed by atoms with E-state index in [1.807, 2.05) is 12.1 Å². The molecule has 0 aliphatic heterocycles. The van der Waals surface area contributed by atoms with Gasteiger partial charge >= 0.3 is 0 Å². The van der Waals surface area contributed by atoms with Crippen molar-refractivity contribution in [2.75, 3.05) is 11.9 Å². The number of guanidine groups is 1. The lowest BCUT2D eigenvalue weighted by atomic mass is 10.2. The predicted octanol–water partition coefficient (Wildman–Crippen LogP) is 2.52. The summed E-state index contributed by atoms with van der Waals surface area (Å²) >= 11 is 0. The lowest BCUT2D eigenvalue weighted by Gasteiger charge is -2.05. The van der Waals surface area contributed by atoms with Gasteiger partial charge in [0.15, 0.2) is 5.96 Å². The predicted molar refractivity (Wildman–Crippen MR) is 68.6 cm³/mol. The van der Waals surface area contributed by atoms with Crippen LogP contribution in [0.25, 0.3) is 0 Å². The molecule has 0 heterocycles. The number of benzene rings is 1. The van der Waals surface area contributed by atoms with Crippen LogP contribution in [0.4, 0.5) is 5.69 Å². The number of nitrogens with one attached hydrogen (secondary N) is 1. The second-order valence-electron chi connectivity index (χ2n) is 4.49. The summed E-state index contributed by atoms with van der Waals surface area (Å²) in [5.74, 6) is 1.43. The van der Waals surface area contributed by atoms with E-state index in [-0.39, 0.29) is 0 Å². The van der Waals surface area contributed by atoms with E-state index in [2.05, 4.69) is 29.4 Å². The number of aryl methyl sites for hydroxylation is 1. The molecule has 1 aliphatic carbocycles. The van der Waals surface area contributed by atoms with Gasteiger partial charge < -0.3 is 11.1 Å². The van der Waals surface area contributed by atoms with Crippen LogP contribution in [-0.4, -0.2) is 12.5 Å². The third kappa shape index (κ3) is 3.57. The number of nitrogens with zero attached hydrogens (tertiary/aromatic N) is 1. The molecule has 3 heteroatoms. The maximum Gasteiger partial charge on any atom is 0.193 e. The monoisotopic (exact) mass is 217 g/mol. The van der Waals surface area contributed by atoms with E-state index >= 15 is 0 Å². The van der Waals surface area contributed by atoms with E-state index in [0.717, 1.165) is 18.2 Å². The van der Waals surface area contributed by atoms with Crippen molar-refractivity contribution in [3.8, 4) is 0 Å². The average Bonchev–Trinajstić information content (AvgIpc) is 3.05. The Kier molecular flexibility index (Phi) is 3.44. The highest BCUT2D eigenvalue weighted by atomic mass is 15.1. The van der Waals surface area contributed by atoms with E-state index in [0.29, 0.717) is 5.96 Å². The molecule has 0 spiro atoms. The van der Waals surface area contributed by atoms with Gasteiger partial charge in [-0.15, -0.1) is 0 Å². The molecule has 3 nitrogen and oxygen atoms in total. The van der Waals surface area contributed by atoms with Crippen LogP contribution in [-0.2, 0) is 0 Å². The highest BCUT2D eigenvalue weighted by Crippen LogP contribution is 2.32. The molecule has 1 aliphatic rings. The molecule has 0 aromatic heterocycles. The Morgan fingerprint density at radius 1 is 1.38 bits per heavy atom. The lowest BCUT2D eigenvalue weighted by molar-refractivity contribution is 0.739. The van der Waals surface area contributed by atoms with Crippen molar-refractivity contribution in [2.45, 2.75) is 26.2 Å². The molecule has 0 amide bonds. The highest BCUT2D eigenvalue weighted by molar-refractivity contribution is 5.92. The fraction of sp³-hybridized carbons (Fsp3) is 0.462. The van der Waals surface area contributed by atoms with E-state index < -0.39 is 0 Å². The van der Waals surface area contributed by atoms with E-state index in [4.69, 9.17) is 5.73 Å². The van der Waals surface area contributed by atoms with Crippen molar-refractivity contribution in [3.05, 3.63) is 29.8 Å². The Morgan fingerprint density at radius 3 is 2.69 bits per heavy atom. The summed E-state index contributed by atoms with van der Waals surface area (Å²) in [5, 5.41) is 3.09. The minimum atomic E-state index is 0.518. The van der Waals surface area contributed by atoms with Crippen LogP contribution in [0.15, 0.2) is 29.3 Å². The zero-order valence-electron chi connectivity index (χ0n) is 9.74. The van der Waals surface area contributed by atoms with Gasteiger partial charge in [0.05, 0.1) is 0 Å². The lowest BCUT2D eigenvalue weighted by Crippen LogP contribution is -2.22. The second-order valence-corrected chi connectivity index (χ2v) is 4.49. The van der Waals surface area contributed by atoms with Gasteiger partial charge in [-0.25, -0.2) is 0 Å². The van der Waals surface area contributed by atoms with Gasteiger partial charge in [0.25, 0.3) is 0 Å². The molecule has 1 fully saturated rings. The third-order valence-corrected chi connectivity index (χ3v) is 2.84. The SMILES string of the molecule is Cc1ccc(NC(N)=NCCC2CC2)cc1. The summed E-state index contributed by atoms with van der Waals surface area (Å²) in [7, 11) is 0. The van der Waals surface area contributed by atoms with Crippen LogP contribution in [0.1, 0.15) is 24.8 Å². The van der Waals surface area contributed by atoms with Gasteiger partial charge in [-0.2, -0.15) is 0 Å². The first-order chi connectivity index (χ1) is 7.74. The number of hydrogen-bond donors (Lipinski definition) is 2. The number of aliphatic imine (C=N–C) groups is 1. The number of hydrogen-bond acceptors (Lipinski definition) is 1. The summed E-state index contributed by atoms with van der Waals surface area (Å²) in [4.78, 5) is 4.31. The van der Waals surface area contributed by atoms with Crippen LogP contribution in [0.2, 0.25) is 0 Å². The van der Waals surface area contributed by atoms with E-state index in [1.54, 1.807) is 0 Å². The van der Waals surface area contributed by atoms with Crippen LogP contribution in [0.3, 0.4) is 0 Å². The first kappa shape index (κ1) is 11.0. The minimum absolute atomic E-state index is 0.518. The second kappa shape index (κ2) is 5.01. The maximum absolute atomic E-state index is 5.79. The van der Waals surface area contributed by atoms with Crippen molar-refractivity contribution >= 4 is 11.6 Å². The molecule has 0 radical (unpaired) electrons. The third-order valence-electron chi connectivity index (χ3n) is 2.84. The number of rotatable bonds is 4. The Morgan fingerprint density at radius 2 is 2.06 bits per heavy atom. The molecule has 2 rings (SSSR count). The largest absolute Gasteiger partial charge is 0.370 e. The van der Waals surface area contributed by atoms with Crippen LogP contribution in [0, 0.1) is 12.8 Å². The van der Waals surface area contributed by atoms with Gasteiger partial charge in [0, 0.05) is 12.2 Å². The number of anilines is 1. The summed E-state index contributed by atoms with van der Waals surface area (Å²) in [5.41, 5.74) is 8.03. The molecule has 16 heavy (non-hydrogen) atoms. The highest BCUT2D eigenvalue weighted by Gasteiger charge is 2.19. The first-order valence-corrected chi connectivity index (χ1v) is 5.87. The van der Waals surface area contributed by atoms with Crippen LogP contribution in [0.5, 0.6) is 0 Å². The molecule has 1 aromatic rings. The fourth-order valence-electron chi connectivity index (χ4n) is 1.60. The Hall–Kier alpha value is -1.51. The van der Waals surface area contributed by atoms with Crippen molar-refractivity contribution in [1.29, 1.82) is 0 Å². The Labute approximate surface area is 96.8 Å². The topological polar surface area (TPSA) is 50.4 Å². The molecule has 0 unspecified atom stereocenters. The standard InChI is InChI=1S/C13H19N3/c1-10-2-6-12(7-3-10)16-13(14)15-9-8-11-4-5-11/h2-3,6-7,11H,4-5,8-9H2,1H3,(H3,14,15,16). The zero-order chi connectivity index (χ0) is 11.4. The van der Waals surface area contributed by atoms with Gasteiger partial charge in [0.1, 0.15) is 0 Å². The van der Waals surface area contributed by atoms with Gasteiger partial charge in [-0.1, -0.05) is 30.5 Å². The Balaban J connectivity index is 1.80. The van der Waals surface area contributed by atoms with Crippen LogP contribution < -0.4 is 11.1 Å². The molecule has 0 saturated heterocycles. The van der Waals surface area contributed by atoms with E-state index in [9.17, 15) is 0 Å².